The van der Waals surface area contributed by atoms with Gasteiger partial charge in [-0.25, -0.2) is 9.78 Å². The van der Waals surface area contributed by atoms with E-state index in [4.69, 9.17) is 33.0 Å². The number of hydrogen-bond acceptors (Lipinski definition) is 5. The summed E-state index contributed by atoms with van der Waals surface area (Å²) in [6.07, 6.45) is -9.14. The molecule has 3 rings (SSSR count). The van der Waals surface area contributed by atoms with E-state index in [9.17, 15) is 41.0 Å². The van der Waals surface area contributed by atoms with Gasteiger partial charge in [0.05, 0.1) is 17.0 Å². The highest BCUT2D eigenvalue weighted by Crippen LogP contribution is 2.50. The number of pyridine rings is 2. The van der Waals surface area contributed by atoms with E-state index in [2.05, 4.69) is 9.97 Å². The molecular weight excluding hydrogens is 569 g/mol. The first kappa shape index (κ1) is 29.3. The third-order valence-corrected chi connectivity index (χ3v) is 6.31. The molecule has 0 aliphatic carbocycles. The maximum Gasteiger partial charge on any atom is 0.422 e. The molecule has 0 bridgehead atoms. The maximum absolute atomic E-state index is 14.2. The zero-order valence-electron chi connectivity index (χ0n) is 18.9. The number of carboxylic acids is 1. The molecule has 2 atom stereocenters. The first-order chi connectivity index (χ1) is 17.5. The van der Waals surface area contributed by atoms with Crippen molar-refractivity contribution in [3.63, 3.8) is 0 Å². The average molecular weight is 585 g/mol. The number of benzene rings is 1. The van der Waals surface area contributed by atoms with Crippen molar-refractivity contribution in [1.82, 2.24) is 9.97 Å². The number of aromatic carboxylic acids is 1. The Balaban J connectivity index is 2.01. The fraction of sp³-hybridized carbons (Fsp3) is 0.261. The molecule has 0 radical (unpaired) electrons. The van der Waals surface area contributed by atoms with E-state index in [1.165, 1.54) is 0 Å². The van der Waals surface area contributed by atoms with Gasteiger partial charge in [-0.2, -0.15) is 26.3 Å². The van der Waals surface area contributed by atoms with Gasteiger partial charge in [-0.05, 0) is 23.8 Å². The largest absolute Gasteiger partial charge is 0.478 e. The van der Waals surface area contributed by atoms with Crippen LogP contribution in [0.25, 0.3) is 0 Å². The molecule has 0 saturated carbocycles. The molecule has 2 heterocycles. The van der Waals surface area contributed by atoms with E-state index in [1.807, 2.05) is 0 Å². The van der Waals surface area contributed by atoms with E-state index in [-0.39, 0.29) is 21.9 Å². The lowest BCUT2D eigenvalue weighted by atomic mass is 9.78. The van der Waals surface area contributed by atoms with Crippen LogP contribution in [0.15, 0.2) is 47.5 Å². The highest BCUT2D eigenvalue weighted by molar-refractivity contribution is 6.31. The number of carboxylic acid groups (broad SMARTS) is 1. The van der Waals surface area contributed by atoms with Crippen LogP contribution in [0.3, 0.4) is 0 Å². The molecule has 0 aliphatic heterocycles. The molecular formula is C23H16Cl2F6N2O5. The number of nitrogens with zero attached hydrogens (tertiary/aromatic N) is 1. The number of ether oxygens (including phenoxy) is 1. The molecule has 3 N–H and O–H groups in total. The lowest BCUT2D eigenvalue weighted by Crippen LogP contribution is -2.47. The molecule has 3 aromatic rings. The van der Waals surface area contributed by atoms with Crippen molar-refractivity contribution < 1.29 is 46.1 Å². The fourth-order valence-corrected chi connectivity index (χ4v) is 4.21. The van der Waals surface area contributed by atoms with Crippen LogP contribution in [0, 0.1) is 0 Å². The Morgan fingerprint density at radius 1 is 1.16 bits per heavy atom. The summed E-state index contributed by atoms with van der Waals surface area (Å²) in [7, 11) is 0. The van der Waals surface area contributed by atoms with E-state index < -0.39 is 63.9 Å². The van der Waals surface area contributed by atoms with Gasteiger partial charge in [0.1, 0.15) is 5.75 Å². The Morgan fingerprint density at radius 3 is 2.34 bits per heavy atom. The minimum atomic E-state index is -5.25. The van der Waals surface area contributed by atoms with E-state index in [0.29, 0.717) is 18.5 Å². The topological polar surface area (TPSA) is 113 Å². The molecule has 204 valence electrons. The van der Waals surface area contributed by atoms with Gasteiger partial charge in [0.15, 0.2) is 5.60 Å². The molecule has 0 saturated heterocycles. The van der Waals surface area contributed by atoms with Crippen LogP contribution in [-0.2, 0) is 17.7 Å². The van der Waals surface area contributed by atoms with Gasteiger partial charge in [-0.3, -0.25) is 4.79 Å². The van der Waals surface area contributed by atoms with E-state index in [0.717, 1.165) is 31.2 Å². The number of nitrogens with one attached hydrogen (secondary N) is 1. The lowest BCUT2D eigenvalue weighted by Gasteiger charge is -2.37. The SMILES string of the molecule is CC(c1ccc(Oc2cc(C(F)(F)F)c(C(=O)O)cn2)cc1Cl)C(O)(c1c[nH]c(=O)c(CCl)c1)C(F)(F)F. The molecule has 38 heavy (non-hydrogen) atoms. The van der Waals surface area contributed by atoms with Gasteiger partial charge in [0.2, 0.25) is 5.88 Å². The van der Waals surface area contributed by atoms with Crippen molar-refractivity contribution in [2.75, 3.05) is 0 Å². The summed E-state index contributed by atoms with van der Waals surface area (Å²) in [6, 6.07) is 4.29. The number of hydrogen-bond donors (Lipinski definition) is 3. The third-order valence-electron chi connectivity index (χ3n) is 5.70. The summed E-state index contributed by atoms with van der Waals surface area (Å²) in [5.74, 6) is -4.94. The molecule has 1 aromatic carbocycles. The molecule has 15 heteroatoms. The van der Waals surface area contributed by atoms with Crippen molar-refractivity contribution >= 4 is 29.2 Å². The van der Waals surface area contributed by atoms with Crippen LogP contribution in [0.2, 0.25) is 5.02 Å². The maximum atomic E-state index is 14.2. The molecule has 0 aliphatic rings. The standard InChI is InChI=1S/C23H16Cl2F6N2O5/c1-10(21(37,23(29,30)31)12-4-11(7-24)19(34)33-8-12)14-3-2-13(5-17(14)25)38-18-6-16(22(26,27)28)15(9-32-18)20(35)36/h2-6,8-10,37H,7H2,1H3,(H,33,34)(H,35,36). The lowest BCUT2D eigenvalue weighted by molar-refractivity contribution is -0.274. The predicted molar refractivity (Wildman–Crippen MR) is 123 cm³/mol. The van der Waals surface area contributed by atoms with E-state index in [1.54, 1.807) is 0 Å². The normalized spacial score (nSPS) is 14.6. The fourth-order valence-electron chi connectivity index (χ4n) is 3.67. The first-order valence-electron chi connectivity index (χ1n) is 10.4. The number of halogens is 8. The van der Waals surface area contributed by atoms with Crippen molar-refractivity contribution in [2.45, 2.75) is 36.7 Å². The second-order valence-corrected chi connectivity index (χ2v) is 8.69. The van der Waals surface area contributed by atoms with E-state index >= 15 is 0 Å². The Hall–Kier alpha value is -3.29. The van der Waals surface area contributed by atoms with Crippen molar-refractivity contribution in [3.8, 4) is 11.6 Å². The summed E-state index contributed by atoms with van der Waals surface area (Å²) in [5, 5.41) is 19.5. The van der Waals surface area contributed by atoms with Crippen molar-refractivity contribution in [2.24, 2.45) is 0 Å². The quantitative estimate of drug-likeness (QED) is 0.224. The van der Waals surface area contributed by atoms with Crippen molar-refractivity contribution in [3.05, 3.63) is 85.9 Å². The van der Waals surface area contributed by atoms with Crippen LogP contribution in [0.1, 0.15) is 45.5 Å². The van der Waals surface area contributed by atoms with Crippen molar-refractivity contribution in [1.29, 1.82) is 0 Å². The Kier molecular flexibility index (Phi) is 8.06. The number of rotatable bonds is 7. The summed E-state index contributed by atoms with van der Waals surface area (Å²) in [4.78, 5) is 28.4. The van der Waals surface area contributed by atoms with Crippen LogP contribution in [0.5, 0.6) is 11.6 Å². The number of alkyl halides is 7. The molecule has 2 unspecified atom stereocenters. The molecule has 0 amide bonds. The first-order valence-corrected chi connectivity index (χ1v) is 11.3. The number of aromatic amines is 1. The van der Waals surface area contributed by atoms with Gasteiger partial charge < -0.3 is 19.9 Å². The molecule has 2 aromatic heterocycles. The zero-order chi connectivity index (χ0) is 28.6. The average Bonchev–Trinajstić information content (AvgIpc) is 2.82. The second-order valence-electron chi connectivity index (χ2n) is 8.02. The number of H-pyrrole nitrogens is 1. The minimum absolute atomic E-state index is 0.214. The van der Waals surface area contributed by atoms with Gasteiger partial charge in [-0.1, -0.05) is 24.6 Å². The third kappa shape index (κ3) is 5.59. The number of aliphatic hydroxyl groups is 1. The molecule has 7 nitrogen and oxygen atoms in total. The summed E-state index contributed by atoms with van der Waals surface area (Å²) in [5.41, 5.74) is -8.06. The number of aromatic nitrogens is 2. The Morgan fingerprint density at radius 2 is 1.82 bits per heavy atom. The van der Waals surface area contributed by atoms with Crippen LogP contribution in [-0.4, -0.2) is 32.3 Å². The molecule has 0 fully saturated rings. The summed E-state index contributed by atoms with van der Waals surface area (Å²) in [6.45, 7) is 1.03. The predicted octanol–water partition coefficient (Wildman–Crippen LogP) is 6.23. The Bertz CT molecular complexity index is 1430. The van der Waals surface area contributed by atoms with Crippen LogP contribution >= 0.6 is 23.2 Å². The van der Waals surface area contributed by atoms with Gasteiger partial charge in [-0.15, -0.1) is 11.6 Å². The van der Waals surface area contributed by atoms with Gasteiger partial charge in [0, 0.05) is 40.5 Å². The highest BCUT2D eigenvalue weighted by Gasteiger charge is 2.59. The van der Waals surface area contributed by atoms with Gasteiger partial charge in [0.25, 0.3) is 5.56 Å². The van der Waals surface area contributed by atoms with Gasteiger partial charge >= 0.3 is 18.3 Å². The second kappa shape index (κ2) is 10.5. The van der Waals surface area contributed by atoms with Crippen LogP contribution in [0.4, 0.5) is 26.3 Å². The smallest absolute Gasteiger partial charge is 0.422 e. The highest BCUT2D eigenvalue weighted by atomic mass is 35.5. The zero-order valence-corrected chi connectivity index (χ0v) is 20.4. The minimum Gasteiger partial charge on any atom is -0.478 e. The Labute approximate surface area is 219 Å². The van der Waals surface area contributed by atoms with Crippen LogP contribution < -0.4 is 10.3 Å². The summed E-state index contributed by atoms with van der Waals surface area (Å²) >= 11 is 11.8. The monoisotopic (exact) mass is 584 g/mol. The summed E-state index contributed by atoms with van der Waals surface area (Å²) < 4.78 is 87.5. The molecule has 0 spiro atoms. The number of carbonyl (C=O) groups is 1.